The number of nitrogens with zero attached hydrogens (tertiary/aromatic N) is 9. The smallest absolute Gasteiger partial charge is 0.410 e. The minimum absolute atomic E-state index is 0.190. The molecule has 6 heterocycles. The van der Waals surface area contributed by atoms with Crippen molar-refractivity contribution in [2.75, 3.05) is 106 Å². The van der Waals surface area contributed by atoms with Crippen LogP contribution in [0.25, 0.3) is 11.5 Å². The van der Waals surface area contributed by atoms with E-state index in [-0.39, 0.29) is 17.8 Å². The normalized spacial score (nSPS) is 14.9. The van der Waals surface area contributed by atoms with Gasteiger partial charge in [-0.05, 0) is 128 Å². The molecule has 0 unspecified atom stereocenters. The van der Waals surface area contributed by atoms with E-state index in [2.05, 4.69) is 82.2 Å². The number of carbonyl (C=O) groups is 2. The molecule has 3 aliphatic heterocycles. The van der Waals surface area contributed by atoms with Crippen LogP contribution in [0.15, 0.2) is 91.3 Å². The molecule has 18 heteroatoms. The molecular formula is C51H72N14O4. The predicted molar refractivity (Wildman–Crippen MR) is 275 cm³/mol. The lowest BCUT2D eigenvalue weighted by Crippen LogP contribution is -2.54. The van der Waals surface area contributed by atoms with E-state index in [1.54, 1.807) is 34.3 Å². The third kappa shape index (κ3) is 16.5. The second kappa shape index (κ2) is 23.5. The van der Waals surface area contributed by atoms with E-state index in [9.17, 15) is 9.59 Å². The van der Waals surface area contributed by atoms with Crippen LogP contribution in [0.5, 0.6) is 0 Å². The third-order valence-electron chi connectivity index (χ3n) is 11.2. The highest BCUT2D eigenvalue weighted by Crippen LogP contribution is 2.25. The maximum Gasteiger partial charge on any atom is 0.410 e. The van der Waals surface area contributed by atoms with Crippen molar-refractivity contribution in [2.24, 2.45) is 17.8 Å². The Labute approximate surface area is 407 Å². The molecule has 6 N–H and O–H groups in total. The highest BCUT2D eigenvalue weighted by molar-refractivity contribution is 5.70. The van der Waals surface area contributed by atoms with Crippen molar-refractivity contribution in [1.82, 2.24) is 45.4 Å². The molecule has 0 spiro atoms. The Kier molecular flexibility index (Phi) is 17.6. The number of nitrogens with one attached hydrogen (secondary N) is 4. The first-order valence-electron chi connectivity index (χ1n) is 23.6. The van der Waals surface area contributed by atoms with E-state index in [4.69, 9.17) is 15.2 Å². The van der Waals surface area contributed by atoms with Crippen LogP contribution in [0.2, 0.25) is 0 Å². The summed E-state index contributed by atoms with van der Waals surface area (Å²) in [5, 5.41) is 12.9. The van der Waals surface area contributed by atoms with Crippen LogP contribution in [0.3, 0.4) is 0 Å². The number of anilines is 7. The first-order valence-corrected chi connectivity index (χ1v) is 23.6. The van der Waals surface area contributed by atoms with Gasteiger partial charge in [0.1, 0.15) is 28.5 Å². The zero-order valence-electron chi connectivity index (χ0n) is 42.0. The number of nitrogens with two attached hydrogens (primary N) is 1. The molecule has 3 aromatic heterocycles. The number of likely N-dealkylation sites (tertiary alicyclic amines) is 2. The first-order chi connectivity index (χ1) is 32.8. The summed E-state index contributed by atoms with van der Waals surface area (Å²) in [5.41, 5.74) is 10.6. The summed E-state index contributed by atoms with van der Waals surface area (Å²) >= 11 is 0. The first kappa shape index (κ1) is 51.6. The number of benzene rings is 2. The van der Waals surface area contributed by atoms with Crippen molar-refractivity contribution < 1.29 is 19.1 Å². The SMILES string of the molecule is CN(CC1CN(C(=O)OC(C)(C)C)C1)c1ccc(N)cc1.CNCC1CN(C(=O)OC(C)(C)C)C1.Cc1cccc(-c2nccc(Nc3ccnc(Nc4ccc(N(C)CC5CNC5)cc4)n3)n2)n1. The van der Waals surface area contributed by atoms with E-state index < -0.39 is 5.60 Å². The molecule has 3 saturated heterocycles. The summed E-state index contributed by atoms with van der Waals surface area (Å²) in [4.78, 5) is 53.6. The molecule has 2 aromatic carbocycles. The van der Waals surface area contributed by atoms with Gasteiger partial charge in [-0.2, -0.15) is 4.98 Å². The Morgan fingerprint density at radius 3 is 1.77 bits per heavy atom. The number of carbonyl (C=O) groups excluding carboxylic acids is 2. The number of aryl methyl sites for hydroxylation is 1. The minimum Gasteiger partial charge on any atom is -0.444 e. The Morgan fingerprint density at radius 2 is 1.23 bits per heavy atom. The van der Waals surface area contributed by atoms with Gasteiger partial charge in [0, 0.05) is 132 Å². The molecule has 3 fully saturated rings. The summed E-state index contributed by atoms with van der Waals surface area (Å²) in [6.45, 7) is 21.6. The van der Waals surface area contributed by atoms with E-state index >= 15 is 0 Å². The minimum atomic E-state index is -0.428. The van der Waals surface area contributed by atoms with Crippen molar-refractivity contribution in [3.05, 3.63) is 97.0 Å². The van der Waals surface area contributed by atoms with E-state index in [0.717, 1.165) is 93.3 Å². The Balaban J connectivity index is 0.000000190. The standard InChI is InChI=1S/C25H27N9.C16H25N3O2.C10H20N2O2/c1-17-4-3-5-21(29-17)24-27-12-10-22(32-24)31-23-11-13-28-25(33-23)30-19-6-8-20(9-7-19)34(2)16-18-14-26-15-18;1-16(2,3)21-15(20)19-10-12(11-19)9-18(4)14-7-5-13(17)6-8-14;1-10(2,3)14-9(13)12-6-8(7-12)5-11-4/h3-13,18,26H,14-16H2,1-2H3,(H2,27,28,30,31,32,33);5-8,12H,9-11,17H2,1-4H3;8,11H,5-7H2,1-4H3. The zero-order chi connectivity index (χ0) is 49.7. The number of amides is 2. The molecule has 0 saturated carbocycles. The summed E-state index contributed by atoms with van der Waals surface area (Å²) in [7, 11) is 6.12. The number of rotatable bonds is 13. The van der Waals surface area contributed by atoms with Crippen molar-refractivity contribution in [1.29, 1.82) is 0 Å². The number of pyridine rings is 1. The van der Waals surface area contributed by atoms with Crippen LogP contribution in [-0.2, 0) is 9.47 Å². The number of aromatic nitrogens is 5. The molecule has 5 aromatic rings. The quantitative estimate of drug-likeness (QED) is 0.0729. The molecule has 2 amide bonds. The largest absolute Gasteiger partial charge is 0.444 e. The van der Waals surface area contributed by atoms with Crippen LogP contribution in [0.1, 0.15) is 47.2 Å². The molecule has 370 valence electrons. The fourth-order valence-electron chi connectivity index (χ4n) is 7.58. The van der Waals surface area contributed by atoms with Crippen molar-refractivity contribution >= 4 is 52.5 Å². The number of ether oxygens (including phenoxy) is 2. The van der Waals surface area contributed by atoms with E-state index in [0.29, 0.717) is 35.2 Å². The fourth-order valence-corrected chi connectivity index (χ4v) is 7.58. The third-order valence-corrected chi connectivity index (χ3v) is 11.2. The van der Waals surface area contributed by atoms with Crippen LogP contribution < -0.4 is 36.8 Å². The summed E-state index contributed by atoms with van der Waals surface area (Å²) < 4.78 is 10.6. The van der Waals surface area contributed by atoms with Gasteiger partial charge in [-0.25, -0.2) is 29.5 Å². The van der Waals surface area contributed by atoms with Gasteiger partial charge >= 0.3 is 12.2 Å². The monoisotopic (exact) mass is 945 g/mol. The van der Waals surface area contributed by atoms with Gasteiger partial charge in [0.15, 0.2) is 5.82 Å². The number of hydrogen-bond donors (Lipinski definition) is 5. The second-order valence-corrected chi connectivity index (χ2v) is 19.9. The van der Waals surface area contributed by atoms with Gasteiger partial charge in [-0.1, -0.05) is 6.07 Å². The van der Waals surface area contributed by atoms with Crippen LogP contribution >= 0.6 is 0 Å². The molecule has 0 bridgehead atoms. The molecule has 3 aliphatic rings. The summed E-state index contributed by atoms with van der Waals surface area (Å²) in [5.74, 6) is 4.12. The molecule has 8 rings (SSSR count). The average Bonchev–Trinajstić information content (AvgIpc) is 3.24. The maximum atomic E-state index is 11.9. The zero-order valence-corrected chi connectivity index (χ0v) is 42.0. The lowest BCUT2D eigenvalue weighted by Gasteiger charge is -2.41. The highest BCUT2D eigenvalue weighted by Gasteiger charge is 2.35. The van der Waals surface area contributed by atoms with Crippen molar-refractivity contribution in [3.8, 4) is 11.5 Å². The molecule has 0 aliphatic carbocycles. The van der Waals surface area contributed by atoms with Crippen LogP contribution in [0.4, 0.5) is 49.9 Å². The van der Waals surface area contributed by atoms with Crippen LogP contribution in [0, 0.1) is 24.7 Å². The van der Waals surface area contributed by atoms with Gasteiger partial charge in [0.2, 0.25) is 5.95 Å². The number of nitrogen functional groups attached to an aromatic ring is 1. The maximum absolute atomic E-state index is 11.9. The Morgan fingerprint density at radius 1 is 0.696 bits per heavy atom. The van der Waals surface area contributed by atoms with Gasteiger partial charge in [0.25, 0.3) is 0 Å². The van der Waals surface area contributed by atoms with Crippen LogP contribution in [-0.4, -0.2) is 138 Å². The second-order valence-electron chi connectivity index (χ2n) is 19.9. The number of hydrogen-bond acceptors (Lipinski definition) is 16. The average molecular weight is 945 g/mol. The summed E-state index contributed by atoms with van der Waals surface area (Å²) in [6.07, 6.45) is 3.00. The fraction of sp³-hybridized carbons (Fsp3) is 0.471. The molecular weight excluding hydrogens is 873 g/mol. The van der Waals surface area contributed by atoms with Crippen molar-refractivity contribution in [3.63, 3.8) is 0 Å². The lowest BCUT2D eigenvalue weighted by atomic mass is 10.00. The van der Waals surface area contributed by atoms with Gasteiger partial charge in [-0.15, -0.1) is 0 Å². The molecule has 0 atom stereocenters. The van der Waals surface area contributed by atoms with E-state index in [1.807, 2.05) is 110 Å². The Hall–Kier alpha value is -6.79. The van der Waals surface area contributed by atoms with Gasteiger partial charge in [0.05, 0.1) is 0 Å². The lowest BCUT2D eigenvalue weighted by molar-refractivity contribution is -0.00107. The molecule has 18 nitrogen and oxygen atoms in total. The van der Waals surface area contributed by atoms with Gasteiger partial charge < -0.3 is 56.1 Å². The van der Waals surface area contributed by atoms with Gasteiger partial charge in [-0.3, -0.25) is 0 Å². The Bertz CT molecular complexity index is 2410. The van der Waals surface area contributed by atoms with E-state index in [1.165, 1.54) is 5.69 Å². The predicted octanol–water partition coefficient (Wildman–Crippen LogP) is 7.42. The van der Waals surface area contributed by atoms with Crippen molar-refractivity contribution in [2.45, 2.75) is 59.7 Å². The summed E-state index contributed by atoms with van der Waals surface area (Å²) in [6, 6.07) is 25.5. The molecule has 69 heavy (non-hydrogen) atoms. The highest BCUT2D eigenvalue weighted by atomic mass is 16.6. The topological polar surface area (TPSA) is 204 Å². The molecule has 0 radical (unpaired) electrons.